The first kappa shape index (κ1) is 22.4. The Kier molecular flexibility index (Phi) is 9.11. The molecule has 0 fully saturated rings. The molecular weight excluding hydrogens is 368 g/mol. The van der Waals surface area contributed by atoms with E-state index in [4.69, 9.17) is 14.2 Å². The molecule has 158 valence electrons. The van der Waals surface area contributed by atoms with E-state index in [1.165, 1.54) is 0 Å². The van der Waals surface area contributed by atoms with Gasteiger partial charge >= 0.3 is 0 Å². The fraction of sp³-hybridized carbons (Fsp3) is 0.409. The van der Waals surface area contributed by atoms with Crippen LogP contribution in [0.25, 0.3) is 0 Å². The summed E-state index contributed by atoms with van der Waals surface area (Å²) in [5, 5.41) is 6.64. The van der Waals surface area contributed by atoms with Crippen molar-refractivity contribution in [3.8, 4) is 17.2 Å². The van der Waals surface area contributed by atoms with Crippen molar-refractivity contribution in [3.05, 3.63) is 53.6 Å². The maximum Gasteiger partial charge on any atom is 0.191 e. The molecule has 29 heavy (non-hydrogen) atoms. The number of methoxy groups -OCH3 is 2. The first-order chi connectivity index (χ1) is 14.0. The summed E-state index contributed by atoms with van der Waals surface area (Å²) < 4.78 is 16.4. The molecule has 0 unspecified atom stereocenters. The minimum absolute atomic E-state index is 0.619. The van der Waals surface area contributed by atoms with Crippen LogP contribution in [0.5, 0.6) is 17.2 Å². The molecular formula is C22H32N4O3. The minimum atomic E-state index is 0.619. The van der Waals surface area contributed by atoms with Gasteiger partial charge in [0.05, 0.1) is 14.2 Å². The fourth-order valence-electron chi connectivity index (χ4n) is 2.67. The third kappa shape index (κ3) is 7.54. The lowest BCUT2D eigenvalue weighted by Gasteiger charge is -2.14. The number of hydrogen-bond acceptors (Lipinski definition) is 5. The normalized spacial score (nSPS) is 11.3. The number of guanidine groups is 1. The maximum atomic E-state index is 5.80. The number of hydrogen-bond donors (Lipinski definition) is 2. The van der Waals surface area contributed by atoms with Crippen LogP contribution < -0.4 is 24.8 Å². The zero-order valence-corrected chi connectivity index (χ0v) is 18.0. The van der Waals surface area contributed by atoms with Crippen molar-refractivity contribution in [2.75, 3.05) is 48.5 Å². The highest BCUT2D eigenvalue weighted by molar-refractivity contribution is 5.79. The van der Waals surface area contributed by atoms with Crippen LogP contribution in [-0.4, -0.2) is 59.4 Å². The number of rotatable bonds is 10. The highest BCUT2D eigenvalue weighted by Crippen LogP contribution is 2.27. The van der Waals surface area contributed by atoms with Gasteiger partial charge in [-0.05, 0) is 49.5 Å². The number of nitrogens with zero attached hydrogens (tertiary/aromatic N) is 2. The second-order valence-corrected chi connectivity index (χ2v) is 6.77. The van der Waals surface area contributed by atoms with Gasteiger partial charge in [0.15, 0.2) is 17.5 Å². The van der Waals surface area contributed by atoms with Gasteiger partial charge in [0, 0.05) is 26.7 Å². The Bertz CT molecular complexity index is 793. The van der Waals surface area contributed by atoms with Crippen LogP contribution in [0, 0.1) is 0 Å². The van der Waals surface area contributed by atoms with E-state index in [-0.39, 0.29) is 0 Å². The fourth-order valence-corrected chi connectivity index (χ4v) is 2.67. The standard InChI is InChI=1S/C22H32N4O3/c1-23-22(25-16-18-9-10-20(27-4)21(14-18)28-5)24-15-17-7-6-8-19(13-17)29-12-11-26(2)3/h6-10,13-14H,11-12,15-16H2,1-5H3,(H2,23,24,25). The summed E-state index contributed by atoms with van der Waals surface area (Å²) in [7, 11) is 9.08. The van der Waals surface area contributed by atoms with Gasteiger partial charge in [0.2, 0.25) is 0 Å². The smallest absolute Gasteiger partial charge is 0.191 e. The van der Waals surface area contributed by atoms with Crippen molar-refractivity contribution in [3.63, 3.8) is 0 Å². The number of nitrogens with one attached hydrogen (secondary N) is 2. The van der Waals surface area contributed by atoms with E-state index in [2.05, 4.69) is 26.6 Å². The predicted octanol–water partition coefficient (Wildman–Crippen LogP) is 2.51. The van der Waals surface area contributed by atoms with E-state index in [0.29, 0.717) is 31.2 Å². The van der Waals surface area contributed by atoms with Gasteiger partial charge in [-0.1, -0.05) is 18.2 Å². The molecule has 2 rings (SSSR count). The van der Waals surface area contributed by atoms with Crippen molar-refractivity contribution in [1.29, 1.82) is 0 Å². The minimum Gasteiger partial charge on any atom is -0.493 e. The Morgan fingerprint density at radius 3 is 2.24 bits per heavy atom. The molecule has 0 amide bonds. The zero-order valence-electron chi connectivity index (χ0n) is 18.0. The van der Waals surface area contributed by atoms with Crippen LogP contribution in [0.15, 0.2) is 47.5 Å². The summed E-state index contributed by atoms with van der Waals surface area (Å²) in [6.45, 7) is 2.82. The van der Waals surface area contributed by atoms with Crippen molar-refractivity contribution >= 4 is 5.96 Å². The number of aliphatic imine (C=N–C) groups is 1. The monoisotopic (exact) mass is 400 g/mol. The van der Waals surface area contributed by atoms with E-state index in [1.807, 2.05) is 50.5 Å². The Balaban J connectivity index is 1.86. The molecule has 2 aromatic carbocycles. The topological polar surface area (TPSA) is 67.4 Å². The van der Waals surface area contributed by atoms with Gasteiger partial charge in [0.25, 0.3) is 0 Å². The highest BCUT2D eigenvalue weighted by atomic mass is 16.5. The van der Waals surface area contributed by atoms with E-state index in [0.717, 1.165) is 29.4 Å². The molecule has 0 aliphatic heterocycles. The summed E-state index contributed by atoms with van der Waals surface area (Å²) >= 11 is 0. The van der Waals surface area contributed by atoms with Crippen LogP contribution >= 0.6 is 0 Å². The molecule has 2 aromatic rings. The number of benzene rings is 2. The summed E-state index contributed by atoms with van der Waals surface area (Å²) in [5.41, 5.74) is 2.20. The summed E-state index contributed by atoms with van der Waals surface area (Å²) in [6, 6.07) is 13.9. The summed E-state index contributed by atoms with van der Waals surface area (Å²) in [6.07, 6.45) is 0. The third-order valence-corrected chi connectivity index (χ3v) is 4.30. The molecule has 0 bridgehead atoms. The van der Waals surface area contributed by atoms with Crippen molar-refractivity contribution < 1.29 is 14.2 Å². The van der Waals surface area contributed by atoms with Crippen molar-refractivity contribution in [2.24, 2.45) is 4.99 Å². The third-order valence-electron chi connectivity index (χ3n) is 4.30. The Morgan fingerprint density at radius 2 is 1.62 bits per heavy atom. The van der Waals surface area contributed by atoms with E-state index < -0.39 is 0 Å². The molecule has 0 radical (unpaired) electrons. The first-order valence-corrected chi connectivity index (χ1v) is 9.57. The van der Waals surface area contributed by atoms with Crippen LogP contribution in [0.1, 0.15) is 11.1 Å². The first-order valence-electron chi connectivity index (χ1n) is 9.57. The molecule has 0 spiro atoms. The lowest BCUT2D eigenvalue weighted by atomic mass is 10.2. The van der Waals surface area contributed by atoms with Gasteiger partial charge in [0.1, 0.15) is 12.4 Å². The van der Waals surface area contributed by atoms with E-state index in [1.54, 1.807) is 21.3 Å². The van der Waals surface area contributed by atoms with Gasteiger partial charge in [-0.2, -0.15) is 0 Å². The number of likely N-dealkylation sites (N-methyl/N-ethyl adjacent to an activating group) is 1. The molecule has 0 aromatic heterocycles. The molecule has 2 N–H and O–H groups in total. The molecule has 0 aliphatic carbocycles. The molecule has 0 atom stereocenters. The van der Waals surface area contributed by atoms with Crippen LogP contribution in [-0.2, 0) is 13.1 Å². The largest absolute Gasteiger partial charge is 0.493 e. The molecule has 0 heterocycles. The second kappa shape index (κ2) is 11.8. The van der Waals surface area contributed by atoms with Crippen molar-refractivity contribution in [1.82, 2.24) is 15.5 Å². The molecule has 0 aliphatic rings. The zero-order chi connectivity index (χ0) is 21.1. The van der Waals surface area contributed by atoms with E-state index >= 15 is 0 Å². The number of ether oxygens (including phenoxy) is 3. The quantitative estimate of drug-likeness (QED) is 0.472. The van der Waals surface area contributed by atoms with Gasteiger partial charge in [-0.3, -0.25) is 4.99 Å². The van der Waals surface area contributed by atoms with Crippen molar-refractivity contribution in [2.45, 2.75) is 13.1 Å². The van der Waals surface area contributed by atoms with Gasteiger partial charge in [-0.15, -0.1) is 0 Å². The molecule has 0 saturated heterocycles. The molecule has 7 nitrogen and oxygen atoms in total. The lowest BCUT2D eigenvalue weighted by molar-refractivity contribution is 0.261. The SMILES string of the molecule is CN=C(NCc1cccc(OCCN(C)C)c1)NCc1ccc(OC)c(OC)c1. The lowest BCUT2D eigenvalue weighted by Crippen LogP contribution is -2.36. The average Bonchev–Trinajstić information content (AvgIpc) is 2.73. The predicted molar refractivity (Wildman–Crippen MR) is 117 cm³/mol. The summed E-state index contributed by atoms with van der Waals surface area (Å²) in [4.78, 5) is 6.38. The van der Waals surface area contributed by atoms with Gasteiger partial charge in [-0.25, -0.2) is 0 Å². The van der Waals surface area contributed by atoms with Crippen LogP contribution in [0.3, 0.4) is 0 Å². The second-order valence-electron chi connectivity index (χ2n) is 6.77. The molecule has 0 saturated carbocycles. The Labute approximate surface area is 173 Å². The highest BCUT2D eigenvalue weighted by Gasteiger charge is 2.06. The van der Waals surface area contributed by atoms with Gasteiger partial charge < -0.3 is 29.7 Å². The average molecular weight is 401 g/mol. The van der Waals surface area contributed by atoms with Crippen LogP contribution in [0.4, 0.5) is 0 Å². The van der Waals surface area contributed by atoms with E-state index in [9.17, 15) is 0 Å². The maximum absolute atomic E-state index is 5.80. The Morgan fingerprint density at radius 1 is 0.931 bits per heavy atom. The Hall–Kier alpha value is -2.93. The summed E-state index contributed by atoms with van der Waals surface area (Å²) in [5.74, 6) is 3.02. The molecule has 7 heteroatoms. The van der Waals surface area contributed by atoms with Crippen LogP contribution in [0.2, 0.25) is 0 Å².